The molecule has 72 valence electrons. The fourth-order valence-corrected chi connectivity index (χ4v) is 1.12. The summed E-state index contributed by atoms with van der Waals surface area (Å²) < 4.78 is 0. The second-order valence-corrected chi connectivity index (χ2v) is 2.88. The molecular formula is C8H10B2O4. The molecule has 1 aromatic rings. The summed E-state index contributed by atoms with van der Waals surface area (Å²) in [5.74, 6) is 0. The summed E-state index contributed by atoms with van der Waals surface area (Å²) in [6.07, 6.45) is 1.48. The van der Waals surface area contributed by atoms with Gasteiger partial charge < -0.3 is 20.1 Å². The van der Waals surface area contributed by atoms with Gasteiger partial charge in [-0.3, -0.25) is 0 Å². The maximum Gasteiger partial charge on any atom is 0.488 e. The van der Waals surface area contributed by atoms with Crippen LogP contribution in [0.4, 0.5) is 0 Å². The fourth-order valence-electron chi connectivity index (χ4n) is 1.12. The lowest BCUT2D eigenvalue weighted by Gasteiger charge is -2.06. The summed E-state index contributed by atoms with van der Waals surface area (Å²) in [4.78, 5) is 0. The molecule has 0 fully saturated rings. The first-order valence-corrected chi connectivity index (χ1v) is 4.04. The van der Waals surface area contributed by atoms with Crippen LogP contribution in [0.2, 0.25) is 0 Å². The predicted molar refractivity (Wildman–Crippen MR) is 56.2 cm³/mol. The Balaban J connectivity index is 3.20. The van der Waals surface area contributed by atoms with Crippen LogP contribution in [0.25, 0.3) is 6.08 Å². The molecule has 0 saturated carbocycles. The van der Waals surface area contributed by atoms with Crippen molar-refractivity contribution in [2.24, 2.45) is 0 Å². The van der Waals surface area contributed by atoms with E-state index in [4.69, 9.17) is 20.1 Å². The molecule has 0 spiro atoms. The Morgan fingerprint density at radius 3 is 1.64 bits per heavy atom. The van der Waals surface area contributed by atoms with Gasteiger partial charge in [-0.15, -0.1) is 0 Å². The van der Waals surface area contributed by atoms with Crippen LogP contribution < -0.4 is 10.9 Å². The molecule has 0 unspecified atom stereocenters. The van der Waals surface area contributed by atoms with E-state index in [1.165, 1.54) is 24.3 Å². The molecule has 0 radical (unpaired) electrons. The van der Waals surface area contributed by atoms with E-state index in [0.717, 1.165) is 0 Å². The quantitative estimate of drug-likeness (QED) is 0.405. The molecule has 6 heteroatoms. The van der Waals surface area contributed by atoms with E-state index in [9.17, 15) is 0 Å². The third kappa shape index (κ3) is 2.46. The highest BCUT2D eigenvalue weighted by molar-refractivity contribution is 6.62. The normalized spacial score (nSPS) is 9.71. The van der Waals surface area contributed by atoms with Crippen molar-refractivity contribution in [3.8, 4) is 0 Å². The minimum atomic E-state index is -1.63. The minimum Gasteiger partial charge on any atom is -0.423 e. The molecule has 4 N–H and O–H groups in total. The molecule has 0 aliphatic rings. The second kappa shape index (κ2) is 4.43. The molecular weight excluding hydrogens is 182 g/mol. The van der Waals surface area contributed by atoms with Crippen molar-refractivity contribution in [3.63, 3.8) is 0 Å². The maximum absolute atomic E-state index is 8.91. The summed E-state index contributed by atoms with van der Waals surface area (Å²) in [5.41, 5.74) is 0.995. The van der Waals surface area contributed by atoms with Gasteiger partial charge in [0.2, 0.25) is 0 Å². The zero-order chi connectivity index (χ0) is 10.7. The van der Waals surface area contributed by atoms with Crippen LogP contribution >= 0.6 is 0 Å². The number of hydrogen-bond donors (Lipinski definition) is 4. The van der Waals surface area contributed by atoms with Crippen molar-refractivity contribution < 1.29 is 20.1 Å². The van der Waals surface area contributed by atoms with E-state index < -0.39 is 14.2 Å². The molecule has 1 rings (SSSR count). The van der Waals surface area contributed by atoms with Gasteiger partial charge in [0.05, 0.1) is 0 Å². The van der Waals surface area contributed by atoms with Crippen LogP contribution in [-0.4, -0.2) is 34.3 Å². The summed E-state index contributed by atoms with van der Waals surface area (Å²) in [6.45, 7) is 3.51. The molecule has 4 nitrogen and oxygen atoms in total. The Kier molecular flexibility index (Phi) is 3.49. The lowest BCUT2D eigenvalue weighted by Crippen LogP contribution is -2.38. The van der Waals surface area contributed by atoms with Gasteiger partial charge in [-0.25, -0.2) is 0 Å². The summed E-state index contributed by atoms with van der Waals surface area (Å²) >= 11 is 0. The second-order valence-electron chi connectivity index (χ2n) is 2.88. The van der Waals surface area contributed by atoms with Gasteiger partial charge in [0.15, 0.2) is 0 Å². The average Bonchev–Trinajstić information content (AvgIpc) is 2.16. The van der Waals surface area contributed by atoms with Crippen LogP contribution in [0.5, 0.6) is 0 Å². The molecule has 0 heterocycles. The van der Waals surface area contributed by atoms with Crippen molar-refractivity contribution in [1.82, 2.24) is 0 Å². The highest BCUT2D eigenvalue weighted by atomic mass is 16.4. The highest BCUT2D eigenvalue weighted by Gasteiger charge is 2.17. The van der Waals surface area contributed by atoms with E-state index >= 15 is 0 Å². The van der Waals surface area contributed by atoms with Gasteiger partial charge >= 0.3 is 14.2 Å². The van der Waals surface area contributed by atoms with E-state index in [1.54, 1.807) is 0 Å². The molecule has 1 aromatic carbocycles. The lowest BCUT2D eigenvalue weighted by molar-refractivity contribution is 0.425. The third-order valence-electron chi connectivity index (χ3n) is 1.83. The van der Waals surface area contributed by atoms with Crippen molar-refractivity contribution in [3.05, 3.63) is 30.3 Å². The zero-order valence-electron chi connectivity index (χ0n) is 7.46. The maximum atomic E-state index is 8.91. The van der Waals surface area contributed by atoms with Gasteiger partial charge in [-0.2, -0.15) is 0 Å². The Hall–Kier alpha value is -1.07. The highest BCUT2D eigenvalue weighted by Crippen LogP contribution is 1.97. The largest absolute Gasteiger partial charge is 0.488 e. The SMILES string of the molecule is C=Cc1cc(B(O)O)cc(B(O)O)c1. The van der Waals surface area contributed by atoms with Crippen molar-refractivity contribution in [1.29, 1.82) is 0 Å². The monoisotopic (exact) mass is 192 g/mol. The number of benzene rings is 1. The first-order chi connectivity index (χ1) is 6.54. The van der Waals surface area contributed by atoms with E-state index in [-0.39, 0.29) is 10.9 Å². The number of hydrogen-bond acceptors (Lipinski definition) is 4. The average molecular weight is 192 g/mol. The molecule has 0 aliphatic heterocycles. The van der Waals surface area contributed by atoms with Crippen molar-refractivity contribution in [2.45, 2.75) is 0 Å². The smallest absolute Gasteiger partial charge is 0.423 e. The molecule has 0 aliphatic carbocycles. The summed E-state index contributed by atoms with van der Waals surface area (Å²) in [7, 11) is -3.26. The van der Waals surface area contributed by atoms with Crippen LogP contribution in [-0.2, 0) is 0 Å². The Morgan fingerprint density at radius 2 is 1.36 bits per heavy atom. The third-order valence-corrected chi connectivity index (χ3v) is 1.83. The standard InChI is InChI=1S/C8H10B2O4/c1-2-6-3-7(9(11)12)5-8(4-6)10(13)14/h2-5,11-14H,1H2. The lowest BCUT2D eigenvalue weighted by atomic mass is 9.72. The van der Waals surface area contributed by atoms with Crippen LogP contribution in [0, 0.1) is 0 Å². The summed E-state index contributed by atoms with van der Waals surface area (Å²) in [5, 5.41) is 35.6. The van der Waals surface area contributed by atoms with Gasteiger partial charge in [0.1, 0.15) is 0 Å². The van der Waals surface area contributed by atoms with Crippen LogP contribution in [0.15, 0.2) is 24.8 Å². The van der Waals surface area contributed by atoms with Gasteiger partial charge in [0.25, 0.3) is 0 Å². The van der Waals surface area contributed by atoms with E-state index in [2.05, 4.69) is 6.58 Å². The van der Waals surface area contributed by atoms with E-state index in [1.807, 2.05) is 0 Å². The van der Waals surface area contributed by atoms with Crippen molar-refractivity contribution >= 4 is 31.2 Å². The molecule has 0 aromatic heterocycles. The van der Waals surface area contributed by atoms with E-state index in [0.29, 0.717) is 5.56 Å². The topological polar surface area (TPSA) is 80.9 Å². The van der Waals surface area contributed by atoms with Crippen molar-refractivity contribution in [2.75, 3.05) is 0 Å². The van der Waals surface area contributed by atoms with Gasteiger partial charge in [-0.05, 0) is 16.5 Å². The first kappa shape index (κ1) is 11.0. The van der Waals surface area contributed by atoms with Crippen LogP contribution in [0.1, 0.15) is 5.56 Å². The Labute approximate surface area is 82.4 Å². The molecule has 0 saturated heterocycles. The Bertz CT molecular complexity index is 312. The molecule has 0 atom stereocenters. The molecule has 0 amide bonds. The summed E-state index contributed by atoms with van der Waals surface area (Å²) in [6, 6.07) is 4.31. The van der Waals surface area contributed by atoms with Gasteiger partial charge in [-0.1, -0.05) is 30.9 Å². The van der Waals surface area contributed by atoms with Crippen LogP contribution in [0.3, 0.4) is 0 Å². The Morgan fingerprint density at radius 1 is 0.929 bits per heavy atom. The molecule has 0 bridgehead atoms. The minimum absolute atomic E-state index is 0.200. The first-order valence-electron chi connectivity index (χ1n) is 4.04. The predicted octanol–water partition coefficient (Wildman–Crippen LogP) is -2.31. The molecule has 14 heavy (non-hydrogen) atoms. The number of rotatable bonds is 3. The zero-order valence-corrected chi connectivity index (χ0v) is 7.46. The van der Waals surface area contributed by atoms with Gasteiger partial charge in [0, 0.05) is 0 Å². The fraction of sp³-hybridized carbons (Fsp3) is 0.